The van der Waals surface area contributed by atoms with Gasteiger partial charge in [-0.25, -0.2) is 19.9 Å². The van der Waals surface area contributed by atoms with E-state index in [1.807, 2.05) is 48.5 Å². The Kier molecular flexibility index (Phi) is 7.23. The Labute approximate surface area is 233 Å². The molecule has 0 spiro atoms. The highest BCUT2D eigenvalue weighted by atomic mass is 35.5. The van der Waals surface area contributed by atoms with Crippen LogP contribution in [0.4, 0.5) is 22.7 Å². The zero-order chi connectivity index (χ0) is 27.4. The average Bonchev–Trinajstić information content (AvgIpc) is 3.54. The maximum Gasteiger partial charge on any atom is 0.223 e. The van der Waals surface area contributed by atoms with Gasteiger partial charge in [0, 0.05) is 11.8 Å². The third kappa shape index (κ3) is 5.58. The molecule has 0 fully saturated rings. The van der Waals surface area contributed by atoms with Crippen LogP contribution in [0, 0.1) is 29.6 Å². The summed E-state index contributed by atoms with van der Waals surface area (Å²) in [5, 5.41) is 31.8. The summed E-state index contributed by atoms with van der Waals surface area (Å²) >= 11 is 11.7. The second-order valence-corrected chi connectivity index (χ2v) is 8.93. The smallest absolute Gasteiger partial charge is 0.223 e. The highest BCUT2D eigenvalue weighted by molar-refractivity contribution is 6.29. The molecule has 6 rings (SSSR count). The lowest BCUT2D eigenvalue weighted by Gasteiger charge is -2.05. The van der Waals surface area contributed by atoms with Crippen molar-refractivity contribution in [1.82, 2.24) is 19.9 Å². The molecule has 4 aromatic rings. The first-order valence-corrected chi connectivity index (χ1v) is 12.2. The van der Waals surface area contributed by atoms with Gasteiger partial charge in [-0.15, -0.1) is 0 Å². The number of hydrogen-bond donors (Lipinski definition) is 4. The molecule has 2 aliphatic heterocycles. The van der Waals surface area contributed by atoms with E-state index < -0.39 is 0 Å². The van der Waals surface area contributed by atoms with Crippen LogP contribution in [-0.4, -0.2) is 19.9 Å². The molecule has 0 aliphatic carbocycles. The van der Waals surface area contributed by atoms with Crippen LogP contribution in [0.25, 0.3) is 11.1 Å². The second-order valence-electron chi connectivity index (χ2n) is 8.20. The molecule has 0 saturated heterocycles. The normalized spacial score (nSPS) is 12.1. The van der Waals surface area contributed by atoms with Crippen LogP contribution in [-0.2, 0) is 0 Å². The summed E-state index contributed by atoms with van der Waals surface area (Å²) in [6.45, 7) is 1.81. The number of benzene rings is 2. The van der Waals surface area contributed by atoms with E-state index in [0.717, 1.165) is 22.7 Å². The van der Waals surface area contributed by atoms with Gasteiger partial charge in [-0.3, -0.25) is 0 Å². The molecule has 0 atom stereocenters. The number of halogens is 2. The number of aryl methyl sites for hydroxylation is 1. The van der Waals surface area contributed by atoms with Crippen LogP contribution >= 0.6 is 23.2 Å². The molecule has 2 aromatic carbocycles. The Morgan fingerprint density at radius 2 is 1.18 bits per heavy atom. The van der Waals surface area contributed by atoms with Crippen molar-refractivity contribution >= 4 is 57.1 Å². The third-order valence-corrected chi connectivity index (χ3v) is 5.97. The molecule has 0 bridgehead atoms. The number of rotatable bonds is 2. The molecule has 2 aliphatic rings. The van der Waals surface area contributed by atoms with E-state index >= 15 is 0 Å². The topological polar surface area (TPSA) is 147 Å². The molecular weight excluding hydrogens is 535 g/mol. The summed E-state index contributed by atoms with van der Waals surface area (Å²) in [7, 11) is 0. The summed E-state index contributed by atoms with van der Waals surface area (Å²) in [5.74, 6) is 1.20. The SMILES string of the molecule is Cc1cc(C(C#N)=C2Nc3ccccc3N2)nc(Cl)n1.N#CC(=C1Nc2ccccc2N1)c1cc(Cl)ncn1. The molecule has 12 heteroatoms. The molecule has 10 nitrogen and oxygen atoms in total. The van der Waals surface area contributed by atoms with Gasteiger partial charge < -0.3 is 21.3 Å². The Morgan fingerprint density at radius 1 is 0.692 bits per heavy atom. The van der Waals surface area contributed by atoms with Crippen molar-refractivity contribution < 1.29 is 0 Å². The van der Waals surface area contributed by atoms with Crippen molar-refractivity contribution in [3.8, 4) is 12.1 Å². The third-order valence-electron chi connectivity index (χ3n) is 5.59. The fraction of sp³-hybridized carbons (Fsp3) is 0.0370. The first-order valence-electron chi connectivity index (χ1n) is 11.5. The van der Waals surface area contributed by atoms with Gasteiger partial charge in [0.2, 0.25) is 5.28 Å². The Balaban J connectivity index is 0.000000158. The van der Waals surface area contributed by atoms with Crippen LogP contribution < -0.4 is 21.3 Å². The molecule has 4 heterocycles. The number of nitriles is 2. The minimum Gasteiger partial charge on any atom is -0.339 e. The summed E-state index contributed by atoms with van der Waals surface area (Å²) < 4.78 is 0. The van der Waals surface area contributed by atoms with E-state index in [2.05, 4.69) is 53.3 Å². The van der Waals surface area contributed by atoms with Gasteiger partial charge >= 0.3 is 0 Å². The largest absolute Gasteiger partial charge is 0.339 e. The van der Waals surface area contributed by atoms with Gasteiger partial charge in [0.25, 0.3) is 0 Å². The number of nitrogens with one attached hydrogen (secondary N) is 4. The fourth-order valence-corrected chi connectivity index (χ4v) is 4.24. The predicted molar refractivity (Wildman–Crippen MR) is 151 cm³/mol. The van der Waals surface area contributed by atoms with E-state index in [9.17, 15) is 10.5 Å². The molecule has 0 radical (unpaired) electrons. The number of nitrogens with zero attached hydrogens (tertiary/aromatic N) is 6. The van der Waals surface area contributed by atoms with Crippen LogP contribution in [0.3, 0.4) is 0 Å². The fourth-order valence-electron chi connectivity index (χ4n) is 3.87. The number of hydrogen-bond acceptors (Lipinski definition) is 10. The minimum absolute atomic E-state index is 0.129. The summed E-state index contributed by atoms with van der Waals surface area (Å²) in [6, 6.07) is 23.0. The van der Waals surface area contributed by atoms with Gasteiger partial charge in [0.15, 0.2) is 0 Å². The van der Waals surface area contributed by atoms with Crippen LogP contribution in [0.5, 0.6) is 0 Å². The summed E-state index contributed by atoms with van der Waals surface area (Å²) in [5.41, 5.74) is 6.16. The van der Waals surface area contributed by atoms with E-state index in [-0.39, 0.29) is 5.28 Å². The summed E-state index contributed by atoms with van der Waals surface area (Å²) in [6.07, 6.45) is 1.33. The van der Waals surface area contributed by atoms with Crippen molar-refractivity contribution in [2.75, 3.05) is 21.3 Å². The molecule has 39 heavy (non-hydrogen) atoms. The lowest BCUT2D eigenvalue weighted by atomic mass is 10.2. The number of aromatic nitrogens is 4. The Morgan fingerprint density at radius 3 is 1.62 bits per heavy atom. The highest BCUT2D eigenvalue weighted by Crippen LogP contribution is 2.34. The van der Waals surface area contributed by atoms with Crippen molar-refractivity contribution in [3.63, 3.8) is 0 Å². The van der Waals surface area contributed by atoms with Crippen molar-refractivity contribution in [2.24, 2.45) is 0 Å². The van der Waals surface area contributed by atoms with Gasteiger partial charge in [-0.2, -0.15) is 10.5 Å². The lowest BCUT2D eigenvalue weighted by molar-refractivity contribution is 1.08. The van der Waals surface area contributed by atoms with E-state index in [0.29, 0.717) is 45.0 Å². The number of para-hydroxylation sites is 4. The number of allylic oxidation sites excluding steroid dienone is 2. The van der Waals surface area contributed by atoms with Gasteiger partial charge in [0.05, 0.1) is 34.1 Å². The molecule has 2 aromatic heterocycles. The first-order chi connectivity index (χ1) is 18.9. The maximum atomic E-state index is 9.41. The predicted octanol–water partition coefficient (Wildman–Crippen LogP) is 6.03. The number of anilines is 4. The van der Waals surface area contributed by atoms with Crippen molar-refractivity contribution in [1.29, 1.82) is 10.5 Å². The monoisotopic (exact) mass is 552 g/mol. The first kappa shape index (κ1) is 25.5. The van der Waals surface area contributed by atoms with Crippen LogP contribution in [0.15, 0.2) is 78.6 Å². The van der Waals surface area contributed by atoms with Gasteiger partial charge in [0.1, 0.15) is 46.4 Å². The second kappa shape index (κ2) is 11.1. The molecule has 0 saturated carbocycles. The molecule has 190 valence electrons. The van der Waals surface area contributed by atoms with Crippen LogP contribution in [0.2, 0.25) is 10.4 Å². The average molecular weight is 553 g/mol. The standard InChI is InChI=1S/C14H10ClN5.C13H8ClN5/c1-8-6-12(20-14(15)17-8)9(7-16)13-18-10-4-2-3-5-11(10)19-13;14-12-5-11(16-7-17-12)8(6-15)13-18-9-3-1-2-4-10(9)19-13/h2-6,18-19H,1H3;1-5,7,18-19H. The van der Waals surface area contributed by atoms with Crippen LogP contribution in [0.1, 0.15) is 17.1 Å². The minimum atomic E-state index is 0.129. The Hall–Kier alpha value is -5.16. The molecular formula is C27H18Cl2N10. The van der Waals surface area contributed by atoms with E-state index in [1.54, 1.807) is 19.1 Å². The van der Waals surface area contributed by atoms with Gasteiger partial charge in [-0.05, 0) is 48.9 Å². The summed E-state index contributed by atoms with van der Waals surface area (Å²) in [4.78, 5) is 16.0. The maximum absolute atomic E-state index is 9.41. The Bertz CT molecular complexity index is 1660. The molecule has 4 N–H and O–H groups in total. The van der Waals surface area contributed by atoms with Crippen molar-refractivity contribution in [3.05, 3.63) is 106 Å². The lowest BCUT2D eigenvalue weighted by Crippen LogP contribution is -2.05. The number of fused-ring (bicyclic) bond motifs is 2. The highest BCUT2D eigenvalue weighted by Gasteiger charge is 2.20. The van der Waals surface area contributed by atoms with E-state index in [4.69, 9.17) is 23.2 Å². The van der Waals surface area contributed by atoms with E-state index in [1.165, 1.54) is 6.33 Å². The zero-order valence-corrected chi connectivity index (χ0v) is 21.8. The van der Waals surface area contributed by atoms with Gasteiger partial charge in [-0.1, -0.05) is 35.9 Å². The molecule has 0 unspecified atom stereocenters. The van der Waals surface area contributed by atoms with Crippen molar-refractivity contribution in [2.45, 2.75) is 6.92 Å². The quantitative estimate of drug-likeness (QED) is 0.132. The zero-order valence-electron chi connectivity index (χ0n) is 20.3. The molecule has 0 amide bonds.